The van der Waals surface area contributed by atoms with Gasteiger partial charge in [-0.2, -0.15) is 0 Å². The highest BCUT2D eigenvalue weighted by molar-refractivity contribution is 5.97. The molecular formula is C22H25N3O4. The maximum absolute atomic E-state index is 12.8. The van der Waals surface area contributed by atoms with E-state index in [9.17, 15) is 9.59 Å². The minimum absolute atomic E-state index is 0.121. The van der Waals surface area contributed by atoms with Gasteiger partial charge in [0.25, 0.3) is 0 Å². The number of carbonyl (C=O) groups is 2. The molecule has 0 bridgehead atoms. The number of piperidine rings is 1. The van der Waals surface area contributed by atoms with E-state index in [0.717, 1.165) is 6.42 Å². The molecule has 0 radical (unpaired) electrons. The van der Waals surface area contributed by atoms with Crippen molar-refractivity contribution in [2.45, 2.75) is 51.3 Å². The summed E-state index contributed by atoms with van der Waals surface area (Å²) in [5.41, 5.74) is 0.0631. The number of carbonyl (C=O) groups excluding carboxylic acids is 2. The van der Waals surface area contributed by atoms with Gasteiger partial charge in [-0.3, -0.25) is 14.7 Å². The molecule has 1 N–H and O–H groups in total. The number of pyridine rings is 1. The van der Waals surface area contributed by atoms with Gasteiger partial charge in [-0.05, 0) is 75.9 Å². The summed E-state index contributed by atoms with van der Waals surface area (Å²) >= 11 is 0. The van der Waals surface area contributed by atoms with Crippen LogP contribution in [0.3, 0.4) is 0 Å². The van der Waals surface area contributed by atoms with Crippen LogP contribution in [-0.2, 0) is 9.53 Å². The first-order valence-corrected chi connectivity index (χ1v) is 9.80. The SMILES string of the molecule is CC(C)(C)OC(=O)N1[C@@H]2C[C@@H]2C[C@H]1C(=O)Nc1ccc(Oc2cccnc2)cc1. The van der Waals surface area contributed by atoms with Gasteiger partial charge < -0.3 is 14.8 Å². The van der Waals surface area contributed by atoms with Gasteiger partial charge in [-0.25, -0.2) is 4.79 Å². The number of ether oxygens (including phenoxy) is 2. The quantitative estimate of drug-likeness (QED) is 0.839. The Hall–Kier alpha value is -3.09. The Labute approximate surface area is 170 Å². The van der Waals surface area contributed by atoms with E-state index in [2.05, 4.69) is 10.3 Å². The summed E-state index contributed by atoms with van der Waals surface area (Å²) in [5.74, 6) is 1.49. The predicted octanol–water partition coefficient (Wildman–Crippen LogP) is 4.21. The van der Waals surface area contributed by atoms with Gasteiger partial charge in [0.1, 0.15) is 23.1 Å². The number of amides is 2. The smallest absolute Gasteiger partial charge is 0.411 e. The summed E-state index contributed by atoms with van der Waals surface area (Å²) in [7, 11) is 0. The van der Waals surface area contributed by atoms with Crippen molar-refractivity contribution in [2.75, 3.05) is 5.32 Å². The topological polar surface area (TPSA) is 80.8 Å². The number of hydrogen-bond donors (Lipinski definition) is 1. The molecule has 2 aromatic rings. The maximum atomic E-state index is 12.8. The molecule has 1 aliphatic carbocycles. The second kappa shape index (κ2) is 7.39. The second-order valence-corrected chi connectivity index (χ2v) is 8.51. The van der Waals surface area contributed by atoms with Crippen LogP contribution in [0.4, 0.5) is 10.5 Å². The molecule has 1 saturated carbocycles. The third-order valence-corrected chi connectivity index (χ3v) is 5.00. The van der Waals surface area contributed by atoms with Crippen molar-refractivity contribution in [2.24, 2.45) is 5.92 Å². The van der Waals surface area contributed by atoms with Gasteiger partial charge in [0.05, 0.1) is 6.20 Å². The van der Waals surface area contributed by atoms with Crippen LogP contribution in [0.1, 0.15) is 33.6 Å². The summed E-state index contributed by atoms with van der Waals surface area (Å²) in [4.78, 5) is 31.0. The average molecular weight is 395 g/mol. The Balaban J connectivity index is 1.39. The number of hydrogen-bond acceptors (Lipinski definition) is 5. The summed E-state index contributed by atoms with van der Waals surface area (Å²) in [6.07, 6.45) is 4.52. The molecule has 4 rings (SSSR count). The van der Waals surface area contributed by atoms with Crippen molar-refractivity contribution >= 4 is 17.7 Å². The molecule has 1 saturated heterocycles. The zero-order valence-electron chi connectivity index (χ0n) is 16.8. The fourth-order valence-electron chi connectivity index (χ4n) is 3.64. The lowest BCUT2D eigenvalue weighted by Gasteiger charge is -2.29. The molecule has 152 valence electrons. The van der Waals surface area contributed by atoms with Crippen molar-refractivity contribution in [1.82, 2.24) is 9.88 Å². The summed E-state index contributed by atoms with van der Waals surface area (Å²) in [6, 6.07) is 10.3. The van der Waals surface area contributed by atoms with Crippen molar-refractivity contribution in [1.29, 1.82) is 0 Å². The first-order valence-electron chi connectivity index (χ1n) is 9.80. The largest absolute Gasteiger partial charge is 0.456 e. The highest BCUT2D eigenvalue weighted by atomic mass is 16.6. The summed E-state index contributed by atoms with van der Waals surface area (Å²) in [5, 5.41) is 2.91. The lowest BCUT2D eigenvalue weighted by Crippen LogP contribution is -2.47. The maximum Gasteiger partial charge on any atom is 0.411 e. The fraction of sp³-hybridized carbons (Fsp3) is 0.409. The van der Waals surface area contributed by atoms with Crippen LogP contribution >= 0.6 is 0 Å². The Morgan fingerprint density at radius 3 is 2.52 bits per heavy atom. The van der Waals surface area contributed by atoms with Gasteiger partial charge in [-0.15, -0.1) is 0 Å². The van der Waals surface area contributed by atoms with Crippen molar-refractivity contribution in [3.05, 3.63) is 48.8 Å². The molecule has 2 amide bonds. The molecule has 2 heterocycles. The first kappa shape index (κ1) is 19.2. The van der Waals surface area contributed by atoms with Crippen LogP contribution in [-0.4, -0.2) is 39.6 Å². The normalized spacial score (nSPS) is 22.6. The predicted molar refractivity (Wildman–Crippen MR) is 108 cm³/mol. The van der Waals surface area contributed by atoms with Gasteiger partial charge >= 0.3 is 6.09 Å². The van der Waals surface area contributed by atoms with Crippen LogP contribution in [0.5, 0.6) is 11.5 Å². The number of nitrogens with zero attached hydrogens (tertiary/aromatic N) is 2. The number of rotatable bonds is 4. The number of benzene rings is 1. The molecule has 7 nitrogen and oxygen atoms in total. The Bertz CT molecular complexity index is 893. The van der Waals surface area contributed by atoms with Crippen molar-refractivity contribution in [3.8, 4) is 11.5 Å². The van der Waals surface area contributed by atoms with E-state index in [-0.39, 0.29) is 11.9 Å². The molecule has 1 aliphatic heterocycles. The zero-order chi connectivity index (χ0) is 20.6. The first-order chi connectivity index (χ1) is 13.8. The highest BCUT2D eigenvalue weighted by Gasteiger charge is 2.57. The summed E-state index contributed by atoms with van der Waals surface area (Å²) in [6.45, 7) is 5.49. The van der Waals surface area contributed by atoms with Gasteiger partial charge in [0.2, 0.25) is 5.91 Å². The van der Waals surface area contributed by atoms with Gasteiger partial charge in [0, 0.05) is 17.9 Å². The number of nitrogens with one attached hydrogen (secondary N) is 1. The second-order valence-electron chi connectivity index (χ2n) is 8.51. The molecule has 2 aliphatic rings. The summed E-state index contributed by atoms with van der Waals surface area (Å²) < 4.78 is 11.2. The molecule has 3 atom stereocenters. The number of anilines is 1. The van der Waals surface area contributed by atoms with Crippen LogP contribution in [0.2, 0.25) is 0 Å². The van der Waals surface area contributed by atoms with Crippen LogP contribution in [0.25, 0.3) is 0 Å². The standard InChI is InChI=1S/C22H25N3O4/c1-22(2,3)29-21(27)25-18-11-14(18)12-19(25)20(26)24-15-6-8-16(9-7-15)28-17-5-4-10-23-13-17/h4-10,13-14,18-19H,11-12H2,1-3H3,(H,24,26)/t14-,18-,19+/m1/s1. The number of aromatic nitrogens is 1. The van der Waals surface area contributed by atoms with E-state index in [1.165, 1.54) is 0 Å². The van der Waals surface area contributed by atoms with E-state index in [1.807, 2.05) is 26.8 Å². The molecule has 1 aromatic carbocycles. The van der Waals surface area contributed by atoms with E-state index in [0.29, 0.717) is 29.5 Å². The molecule has 0 unspecified atom stereocenters. The Kier molecular flexibility index (Phi) is 4.90. The average Bonchev–Trinajstić information content (AvgIpc) is 3.32. The molecule has 29 heavy (non-hydrogen) atoms. The van der Waals surface area contributed by atoms with E-state index >= 15 is 0 Å². The third-order valence-electron chi connectivity index (χ3n) is 5.00. The van der Waals surface area contributed by atoms with Crippen LogP contribution < -0.4 is 10.1 Å². The lowest BCUT2D eigenvalue weighted by molar-refractivity contribution is -0.120. The van der Waals surface area contributed by atoms with E-state index < -0.39 is 17.7 Å². The monoisotopic (exact) mass is 395 g/mol. The number of fused-ring (bicyclic) bond motifs is 1. The Morgan fingerprint density at radius 2 is 1.86 bits per heavy atom. The molecule has 7 heteroatoms. The van der Waals surface area contributed by atoms with Gasteiger partial charge in [0.15, 0.2) is 0 Å². The van der Waals surface area contributed by atoms with Crippen LogP contribution in [0, 0.1) is 5.92 Å². The van der Waals surface area contributed by atoms with Crippen molar-refractivity contribution < 1.29 is 19.1 Å². The lowest BCUT2D eigenvalue weighted by atomic mass is 10.1. The highest BCUT2D eigenvalue weighted by Crippen LogP contribution is 2.48. The molecular weight excluding hydrogens is 370 g/mol. The van der Waals surface area contributed by atoms with E-state index in [1.54, 1.807) is 47.6 Å². The van der Waals surface area contributed by atoms with Crippen molar-refractivity contribution in [3.63, 3.8) is 0 Å². The zero-order valence-corrected chi connectivity index (χ0v) is 16.8. The third kappa shape index (κ3) is 4.50. The molecule has 1 aromatic heterocycles. The van der Waals surface area contributed by atoms with Gasteiger partial charge in [-0.1, -0.05) is 0 Å². The molecule has 2 fully saturated rings. The molecule has 0 spiro atoms. The fourth-order valence-corrected chi connectivity index (χ4v) is 3.64. The minimum atomic E-state index is -0.588. The van der Waals surface area contributed by atoms with E-state index in [4.69, 9.17) is 9.47 Å². The Morgan fingerprint density at radius 1 is 1.10 bits per heavy atom. The minimum Gasteiger partial charge on any atom is -0.456 e. The van der Waals surface area contributed by atoms with Crippen LogP contribution in [0.15, 0.2) is 48.8 Å². The number of likely N-dealkylation sites (tertiary alicyclic amines) is 1.